The van der Waals surface area contributed by atoms with E-state index in [1.165, 1.54) is 6.08 Å². The van der Waals surface area contributed by atoms with Gasteiger partial charge < -0.3 is 0 Å². The molecule has 0 saturated carbocycles. The molecule has 0 saturated heterocycles. The summed E-state index contributed by atoms with van der Waals surface area (Å²) in [5.74, 6) is -0.0114. The normalized spacial score (nSPS) is 17.5. The van der Waals surface area contributed by atoms with Gasteiger partial charge in [-0.1, -0.05) is 24.3 Å². The Bertz CT molecular complexity index is 402. The summed E-state index contributed by atoms with van der Waals surface area (Å²) in [5, 5.41) is 0. The van der Waals surface area contributed by atoms with Crippen molar-refractivity contribution >= 4 is 12.1 Å². The molecule has 0 heterocycles. The predicted octanol–water partition coefficient (Wildman–Crippen LogP) is 1.55. The number of hydrogen-bond donors (Lipinski definition) is 0. The SMILES string of the molecule is O=C/C=C1\Cc2ccccc2C1=O. The van der Waals surface area contributed by atoms with Gasteiger partial charge in [0.25, 0.3) is 0 Å². The van der Waals surface area contributed by atoms with Crippen LogP contribution >= 0.6 is 0 Å². The molecule has 1 aromatic carbocycles. The molecule has 0 amide bonds. The molecule has 0 fully saturated rings. The summed E-state index contributed by atoms with van der Waals surface area (Å²) in [6.07, 6.45) is 2.61. The van der Waals surface area contributed by atoms with Crippen LogP contribution in [0.5, 0.6) is 0 Å². The van der Waals surface area contributed by atoms with Gasteiger partial charge in [0, 0.05) is 17.6 Å². The molecule has 0 atom stereocenters. The number of benzene rings is 1. The predicted molar refractivity (Wildman–Crippen MR) is 48.6 cm³/mol. The minimum Gasteiger partial charge on any atom is -0.299 e. The number of carbonyl (C=O) groups is 2. The number of aldehydes is 1. The van der Waals surface area contributed by atoms with E-state index >= 15 is 0 Å². The highest BCUT2D eigenvalue weighted by Gasteiger charge is 2.23. The number of rotatable bonds is 1. The standard InChI is InChI=1S/C11H8O2/c12-6-5-9-7-8-3-1-2-4-10(8)11(9)13/h1-6H,7H2/b9-5+. The lowest BCUT2D eigenvalue weighted by Gasteiger charge is -1.91. The van der Waals surface area contributed by atoms with Crippen LogP contribution in [0.1, 0.15) is 15.9 Å². The van der Waals surface area contributed by atoms with Crippen molar-refractivity contribution in [2.45, 2.75) is 6.42 Å². The van der Waals surface area contributed by atoms with Crippen LogP contribution in [0, 0.1) is 0 Å². The molecule has 13 heavy (non-hydrogen) atoms. The van der Waals surface area contributed by atoms with Crippen molar-refractivity contribution in [3.8, 4) is 0 Å². The third kappa shape index (κ3) is 1.20. The lowest BCUT2D eigenvalue weighted by Crippen LogP contribution is -1.94. The summed E-state index contributed by atoms with van der Waals surface area (Å²) in [4.78, 5) is 21.8. The Labute approximate surface area is 75.9 Å². The Morgan fingerprint density at radius 2 is 2.00 bits per heavy atom. The lowest BCUT2D eigenvalue weighted by atomic mass is 10.1. The van der Waals surface area contributed by atoms with Crippen molar-refractivity contribution in [2.24, 2.45) is 0 Å². The lowest BCUT2D eigenvalue weighted by molar-refractivity contribution is -0.104. The molecular formula is C11H8O2. The highest BCUT2D eigenvalue weighted by atomic mass is 16.1. The van der Waals surface area contributed by atoms with Crippen molar-refractivity contribution in [1.29, 1.82) is 0 Å². The summed E-state index contributed by atoms with van der Waals surface area (Å²) in [6.45, 7) is 0. The van der Waals surface area contributed by atoms with Crippen molar-refractivity contribution in [2.75, 3.05) is 0 Å². The molecular weight excluding hydrogens is 164 g/mol. The van der Waals surface area contributed by atoms with E-state index in [0.717, 1.165) is 11.1 Å². The van der Waals surface area contributed by atoms with E-state index < -0.39 is 0 Å². The first kappa shape index (κ1) is 7.92. The number of allylic oxidation sites excluding steroid dienone is 2. The maximum Gasteiger partial charge on any atom is 0.189 e. The van der Waals surface area contributed by atoms with E-state index in [1.54, 1.807) is 6.07 Å². The minimum absolute atomic E-state index is 0.0114. The van der Waals surface area contributed by atoms with Gasteiger partial charge in [0.2, 0.25) is 0 Å². The maximum atomic E-state index is 11.6. The van der Waals surface area contributed by atoms with Crippen LogP contribution in [-0.2, 0) is 11.2 Å². The Balaban J connectivity index is 2.49. The Kier molecular flexibility index (Phi) is 1.81. The van der Waals surface area contributed by atoms with Crippen LogP contribution in [0.2, 0.25) is 0 Å². The van der Waals surface area contributed by atoms with Gasteiger partial charge in [0.15, 0.2) is 5.78 Å². The largest absolute Gasteiger partial charge is 0.299 e. The van der Waals surface area contributed by atoms with E-state index in [1.807, 2.05) is 18.2 Å². The zero-order valence-electron chi connectivity index (χ0n) is 6.99. The maximum absolute atomic E-state index is 11.6. The molecule has 2 heteroatoms. The van der Waals surface area contributed by atoms with Gasteiger partial charge in [-0.3, -0.25) is 9.59 Å². The van der Waals surface area contributed by atoms with Crippen LogP contribution in [0.15, 0.2) is 35.9 Å². The third-order valence-corrected chi connectivity index (χ3v) is 2.20. The molecule has 0 unspecified atom stereocenters. The van der Waals surface area contributed by atoms with E-state index in [-0.39, 0.29) is 5.78 Å². The molecule has 0 bridgehead atoms. The zero-order valence-corrected chi connectivity index (χ0v) is 6.99. The Hall–Kier alpha value is -1.70. The van der Waals surface area contributed by atoms with Crippen molar-refractivity contribution in [3.63, 3.8) is 0 Å². The molecule has 0 aliphatic heterocycles. The molecule has 0 aromatic heterocycles. The number of hydrogen-bond acceptors (Lipinski definition) is 2. The fourth-order valence-electron chi connectivity index (χ4n) is 1.57. The van der Waals surface area contributed by atoms with Crippen molar-refractivity contribution in [1.82, 2.24) is 0 Å². The first-order chi connectivity index (χ1) is 6.33. The average Bonchev–Trinajstić information content (AvgIpc) is 2.46. The first-order valence-corrected chi connectivity index (χ1v) is 4.10. The molecule has 0 spiro atoms. The van der Waals surface area contributed by atoms with E-state index in [2.05, 4.69) is 0 Å². The van der Waals surface area contributed by atoms with Gasteiger partial charge >= 0.3 is 0 Å². The van der Waals surface area contributed by atoms with Gasteiger partial charge in [0.1, 0.15) is 6.29 Å². The molecule has 64 valence electrons. The van der Waals surface area contributed by atoms with Crippen LogP contribution in [0.3, 0.4) is 0 Å². The van der Waals surface area contributed by atoms with Crippen LogP contribution in [0.4, 0.5) is 0 Å². The molecule has 1 aliphatic carbocycles. The molecule has 1 aromatic rings. The van der Waals surface area contributed by atoms with Gasteiger partial charge in [-0.05, 0) is 11.6 Å². The van der Waals surface area contributed by atoms with Gasteiger partial charge in [-0.25, -0.2) is 0 Å². The summed E-state index contributed by atoms with van der Waals surface area (Å²) >= 11 is 0. The van der Waals surface area contributed by atoms with Crippen LogP contribution in [-0.4, -0.2) is 12.1 Å². The van der Waals surface area contributed by atoms with Gasteiger partial charge in [0.05, 0.1) is 0 Å². The molecule has 0 N–H and O–H groups in total. The highest BCUT2D eigenvalue weighted by Crippen LogP contribution is 2.25. The van der Waals surface area contributed by atoms with E-state index in [0.29, 0.717) is 18.3 Å². The van der Waals surface area contributed by atoms with Crippen molar-refractivity contribution in [3.05, 3.63) is 47.0 Å². The fourth-order valence-corrected chi connectivity index (χ4v) is 1.57. The second-order valence-corrected chi connectivity index (χ2v) is 2.99. The Morgan fingerprint density at radius 3 is 2.69 bits per heavy atom. The second kappa shape index (κ2) is 2.98. The summed E-state index contributed by atoms with van der Waals surface area (Å²) in [5.41, 5.74) is 2.34. The number of ketones is 1. The van der Waals surface area contributed by atoms with Crippen molar-refractivity contribution < 1.29 is 9.59 Å². The van der Waals surface area contributed by atoms with Gasteiger partial charge in [-0.2, -0.15) is 0 Å². The topological polar surface area (TPSA) is 34.1 Å². The average molecular weight is 172 g/mol. The van der Waals surface area contributed by atoms with Crippen LogP contribution in [0.25, 0.3) is 0 Å². The fraction of sp³-hybridized carbons (Fsp3) is 0.0909. The monoisotopic (exact) mass is 172 g/mol. The molecule has 2 nitrogen and oxygen atoms in total. The molecule has 0 radical (unpaired) electrons. The molecule has 2 rings (SSSR count). The smallest absolute Gasteiger partial charge is 0.189 e. The first-order valence-electron chi connectivity index (χ1n) is 4.10. The number of Topliss-reactive ketones (excluding diaryl/α,β-unsaturated/α-hetero) is 1. The third-order valence-electron chi connectivity index (χ3n) is 2.20. The number of fused-ring (bicyclic) bond motifs is 1. The summed E-state index contributed by atoms with van der Waals surface area (Å²) in [7, 11) is 0. The highest BCUT2D eigenvalue weighted by molar-refractivity contribution is 6.14. The molecule has 1 aliphatic rings. The Morgan fingerprint density at radius 1 is 1.23 bits per heavy atom. The van der Waals surface area contributed by atoms with E-state index in [9.17, 15) is 9.59 Å². The summed E-state index contributed by atoms with van der Waals surface area (Å²) < 4.78 is 0. The van der Waals surface area contributed by atoms with Crippen LogP contribution < -0.4 is 0 Å². The summed E-state index contributed by atoms with van der Waals surface area (Å²) in [6, 6.07) is 7.44. The second-order valence-electron chi connectivity index (χ2n) is 2.99. The quantitative estimate of drug-likeness (QED) is 0.475. The van der Waals surface area contributed by atoms with E-state index in [4.69, 9.17) is 0 Å². The number of carbonyl (C=O) groups excluding carboxylic acids is 2. The van der Waals surface area contributed by atoms with Gasteiger partial charge in [-0.15, -0.1) is 0 Å². The minimum atomic E-state index is -0.0114. The zero-order chi connectivity index (χ0) is 9.26.